The Kier molecular flexibility index (Phi) is 3.79. The van der Waals surface area contributed by atoms with Crippen molar-refractivity contribution in [2.75, 3.05) is 13.1 Å². The van der Waals surface area contributed by atoms with Crippen molar-refractivity contribution in [2.24, 2.45) is 0 Å². The molecule has 2 rings (SSSR count). The predicted octanol–water partition coefficient (Wildman–Crippen LogP) is 3.29. The summed E-state index contributed by atoms with van der Waals surface area (Å²) < 4.78 is 1.39. The Morgan fingerprint density at radius 2 is 1.93 bits per heavy atom. The highest BCUT2D eigenvalue weighted by atomic mass is 79.9. The van der Waals surface area contributed by atoms with Crippen LogP contribution >= 0.6 is 43.2 Å². The zero-order valence-electron chi connectivity index (χ0n) is 8.00. The van der Waals surface area contributed by atoms with Gasteiger partial charge in [0.15, 0.2) is 3.92 Å². The number of halogens is 2. The maximum absolute atomic E-state index is 12.1. The Balaban J connectivity index is 2.16. The van der Waals surface area contributed by atoms with Gasteiger partial charge in [-0.05, 0) is 51.1 Å². The van der Waals surface area contributed by atoms with Crippen LogP contribution in [0.1, 0.15) is 28.9 Å². The fourth-order valence-electron chi connectivity index (χ4n) is 1.65. The summed E-state index contributed by atoms with van der Waals surface area (Å²) in [4.78, 5) is 18.8. The molecule has 0 unspecified atom stereocenters. The fourth-order valence-corrected chi connectivity index (χ4v) is 3.91. The first kappa shape index (κ1) is 11.5. The molecule has 0 aromatic carbocycles. The highest BCUT2D eigenvalue weighted by Crippen LogP contribution is 2.29. The summed E-state index contributed by atoms with van der Waals surface area (Å²) in [6.45, 7) is 1.75. The monoisotopic (exact) mass is 352 g/mol. The van der Waals surface area contributed by atoms with Gasteiger partial charge in [-0.2, -0.15) is 0 Å². The van der Waals surface area contributed by atoms with Crippen molar-refractivity contribution in [1.82, 2.24) is 9.88 Å². The number of nitrogens with zero attached hydrogens (tertiary/aromatic N) is 2. The van der Waals surface area contributed by atoms with Crippen LogP contribution in [0, 0.1) is 0 Å². The van der Waals surface area contributed by atoms with Crippen LogP contribution < -0.4 is 0 Å². The van der Waals surface area contributed by atoms with Gasteiger partial charge in [-0.3, -0.25) is 4.79 Å². The van der Waals surface area contributed by atoms with E-state index in [0.29, 0.717) is 9.48 Å². The van der Waals surface area contributed by atoms with Gasteiger partial charge in [-0.1, -0.05) is 0 Å². The topological polar surface area (TPSA) is 33.2 Å². The van der Waals surface area contributed by atoms with Crippen molar-refractivity contribution in [3.05, 3.63) is 13.4 Å². The van der Waals surface area contributed by atoms with E-state index in [1.165, 1.54) is 17.8 Å². The molecule has 1 amide bonds. The maximum atomic E-state index is 12.1. The molecule has 0 N–H and O–H groups in total. The van der Waals surface area contributed by atoms with E-state index in [2.05, 4.69) is 36.8 Å². The minimum atomic E-state index is 0.102. The van der Waals surface area contributed by atoms with Crippen LogP contribution in [0.25, 0.3) is 0 Å². The number of thiazole rings is 1. The van der Waals surface area contributed by atoms with Gasteiger partial charge in [-0.15, -0.1) is 11.3 Å². The molecule has 0 aliphatic carbocycles. The average molecular weight is 354 g/mol. The summed E-state index contributed by atoms with van der Waals surface area (Å²) in [5.41, 5.74) is 0. The zero-order chi connectivity index (χ0) is 10.8. The maximum Gasteiger partial charge on any atom is 0.266 e. The highest BCUT2D eigenvalue weighted by molar-refractivity contribution is 9.11. The molecule has 1 aliphatic heterocycles. The minimum Gasteiger partial charge on any atom is -0.338 e. The molecule has 0 bridgehead atoms. The number of carbonyl (C=O) groups excluding carboxylic acids is 1. The quantitative estimate of drug-likeness (QED) is 0.776. The second kappa shape index (κ2) is 4.93. The highest BCUT2D eigenvalue weighted by Gasteiger charge is 2.22. The Labute approximate surface area is 109 Å². The number of rotatable bonds is 1. The molecular formula is C9H10Br2N2OS. The van der Waals surface area contributed by atoms with Crippen LogP contribution in [0.5, 0.6) is 0 Å². The number of likely N-dealkylation sites (tertiary alicyclic amines) is 1. The van der Waals surface area contributed by atoms with Gasteiger partial charge in [0.1, 0.15) is 9.48 Å². The first-order chi connectivity index (χ1) is 7.18. The van der Waals surface area contributed by atoms with E-state index in [9.17, 15) is 4.79 Å². The van der Waals surface area contributed by atoms with Crippen molar-refractivity contribution in [3.63, 3.8) is 0 Å². The fraction of sp³-hybridized carbons (Fsp3) is 0.556. The van der Waals surface area contributed by atoms with Gasteiger partial charge >= 0.3 is 0 Å². The Morgan fingerprint density at radius 1 is 1.27 bits per heavy atom. The summed E-state index contributed by atoms with van der Waals surface area (Å²) in [5, 5.41) is 0. The normalized spacial score (nSPS) is 16.8. The van der Waals surface area contributed by atoms with Gasteiger partial charge in [-0.25, -0.2) is 4.98 Å². The van der Waals surface area contributed by atoms with Crippen LogP contribution in [0.3, 0.4) is 0 Å². The molecule has 1 aromatic heterocycles. The summed E-state index contributed by atoms with van der Waals surface area (Å²) in [6, 6.07) is 0. The third-order valence-electron chi connectivity index (χ3n) is 2.40. The van der Waals surface area contributed by atoms with Gasteiger partial charge < -0.3 is 4.90 Å². The number of hydrogen-bond acceptors (Lipinski definition) is 3. The molecule has 0 spiro atoms. The summed E-state index contributed by atoms with van der Waals surface area (Å²) in [6.07, 6.45) is 3.46. The van der Waals surface area contributed by atoms with Crippen LogP contribution in [-0.2, 0) is 0 Å². The van der Waals surface area contributed by atoms with Crippen molar-refractivity contribution >= 4 is 49.1 Å². The molecular weight excluding hydrogens is 344 g/mol. The SMILES string of the molecule is O=C(c1sc(Br)nc1Br)N1CCCCC1. The van der Waals surface area contributed by atoms with Crippen LogP contribution in [0.4, 0.5) is 0 Å². The lowest BCUT2D eigenvalue weighted by Gasteiger charge is -2.26. The third kappa shape index (κ3) is 2.60. The van der Waals surface area contributed by atoms with Gasteiger partial charge in [0, 0.05) is 13.1 Å². The zero-order valence-corrected chi connectivity index (χ0v) is 12.0. The Hall–Kier alpha value is 0.0600. The third-order valence-corrected chi connectivity index (χ3v) is 4.73. The molecule has 0 atom stereocenters. The minimum absolute atomic E-state index is 0.102. The smallest absolute Gasteiger partial charge is 0.266 e. The molecule has 15 heavy (non-hydrogen) atoms. The molecule has 82 valence electrons. The van der Waals surface area contributed by atoms with Crippen molar-refractivity contribution in [1.29, 1.82) is 0 Å². The molecule has 1 aromatic rings. The second-order valence-electron chi connectivity index (χ2n) is 3.44. The van der Waals surface area contributed by atoms with Crippen LogP contribution in [-0.4, -0.2) is 28.9 Å². The van der Waals surface area contributed by atoms with Crippen molar-refractivity contribution in [2.45, 2.75) is 19.3 Å². The first-order valence-corrected chi connectivity index (χ1v) is 7.20. The number of carbonyl (C=O) groups is 1. The molecule has 0 radical (unpaired) electrons. The lowest BCUT2D eigenvalue weighted by atomic mass is 10.1. The number of hydrogen-bond donors (Lipinski definition) is 0. The molecule has 2 heterocycles. The van der Waals surface area contributed by atoms with E-state index in [-0.39, 0.29) is 5.91 Å². The van der Waals surface area contributed by atoms with Crippen molar-refractivity contribution < 1.29 is 4.79 Å². The summed E-state index contributed by atoms with van der Waals surface area (Å²) in [7, 11) is 0. The van der Waals surface area contributed by atoms with Crippen molar-refractivity contribution in [3.8, 4) is 0 Å². The van der Waals surface area contributed by atoms with E-state index >= 15 is 0 Å². The van der Waals surface area contributed by atoms with Gasteiger partial charge in [0.05, 0.1) is 0 Å². The molecule has 1 saturated heterocycles. The predicted molar refractivity (Wildman–Crippen MR) is 67.3 cm³/mol. The number of aromatic nitrogens is 1. The second-order valence-corrected chi connectivity index (χ2v) is 6.47. The summed E-state index contributed by atoms with van der Waals surface area (Å²) in [5.74, 6) is 0.102. The largest absolute Gasteiger partial charge is 0.338 e. The van der Waals surface area contributed by atoms with Crippen LogP contribution in [0.2, 0.25) is 0 Å². The van der Waals surface area contributed by atoms with E-state index in [4.69, 9.17) is 0 Å². The van der Waals surface area contributed by atoms with Crippen LogP contribution in [0.15, 0.2) is 8.52 Å². The lowest BCUT2D eigenvalue weighted by molar-refractivity contribution is 0.0728. The molecule has 3 nitrogen and oxygen atoms in total. The number of amides is 1. The average Bonchev–Trinajstić information content (AvgIpc) is 2.58. The molecule has 0 saturated carbocycles. The van der Waals surface area contributed by atoms with Gasteiger partial charge in [0.2, 0.25) is 0 Å². The Morgan fingerprint density at radius 3 is 2.47 bits per heavy atom. The number of piperidine rings is 1. The van der Waals surface area contributed by atoms with E-state index in [1.807, 2.05) is 4.90 Å². The van der Waals surface area contributed by atoms with E-state index in [1.54, 1.807) is 0 Å². The Bertz CT molecular complexity index is 374. The molecule has 1 aliphatic rings. The van der Waals surface area contributed by atoms with E-state index < -0.39 is 0 Å². The molecule has 1 fully saturated rings. The van der Waals surface area contributed by atoms with E-state index in [0.717, 1.165) is 29.8 Å². The van der Waals surface area contributed by atoms with Gasteiger partial charge in [0.25, 0.3) is 5.91 Å². The lowest BCUT2D eigenvalue weighted by Crippen LogP contribution is -2.35. The first-order valence-electron chi connectivity index (χ1n) is 4.79. The summed E-state index contributed by atoms with van der Waals surface area (Å²) >= 11 is 7.97. The molecule has 6 heteroatoms. The standard InChI is InChI=1S/C9H10Br2N2OS/c10-7-6(15-9(11)12-7)8(14)13-4-2-1-3-5-13/h1-5H2.